The molecule has 2 rings (SSSR count). The highest BCUT2D eigenvalue weighted by atomic mass is 16.1. The van der Waals surface area contributed by atoms with Gasteiger partial charge in [-0.1, -0.05) is 12.1 Å². The molecule has 0 aliphatic carbocycles. The molecule has 1 aromatic heterocycles. The van der Waals surface area contributed by atoms with E-state index in [1.54, 1.807) is 17.1 Å². The number of aromatic nitrogens is 2. The molecule has 0 spiro atoms. The predicted octanol–water partition coefficient (Wildman–Crippen LogP) is 2.27. The molecule has 82 valence electrons. The Hall–Kier alpha value is -1.90. The maximum absolute atomic E-state index is 12.0. The standard InChI is InChI=1S/C13H14N2O/c1-9-4-5-11(6-10(9)2)13(16)12-7-15(3)8-14-12/h4-8H,1-3H3. The molecule has 0 amide bonds. The molecule has 0 aliphatic heterocycles. The smallest absolute Gasteiger partial charge is 0.212 e. The van der Waals surface area contributed by atoms with E-state index in [9.17, 15) is 4.79 Å². The highest BCUT2D eigenvalue weighted by molar-refractivity contribution is 6.07. The van der Waals surface area contributed by atoms with Gasteiger partial charge in [-0.15, -0.1) is 0 Å². The third-order valence-electron chi connectivity index (χ3n) is 2.71. The Labute approximate surface area is 94.7 Å². The summed E-state index contributed by atoms with van der Waals surface area (Å²) in [6.45, 7) is 4.04. The summed E-state index contributed by atoms with van der Waals surface area (Å²) in [4.78, 5) is 16.1. The molecular formula is C13H14N2O. The molecule has 0 N–H and O–H groups in total. The highest BCUT2D eigenvalue weighted by Crippen LogP contribution is 2.13. The molecule has 3 nitrogen and oxygen atoms in total. The molecule has 16 heavy (non-hydrogen) atoms. The van der Waals surface area contributed by atoms with E-state index in [0.29, 0.717) is 11.3 Å². The number of aryl methyl sites for hydroxylation is 3. The first-order valence-corrected chi connectivity index (χ1v) is 5.18. The second kappa shape index (κ2) is 3.93. The van der Waals surface area contributed by atoms with Gasteiger partial charge >= 0.3 is 0 Å². The van der Waals surface area contributed by atoms with Gasteiger partial charge < -0.3 is 4.57 Å². The zero-order valence-corrected chi connectivity index (χ0v) is 9.69. The van der Waals surface area contributed by atoms with E-state index >= 15 is 0 Å². The fraction of sp³-hybridized carbons (Fsp3) is 0.231. The number of carbonyl (C=O) groups excluding carboxylic acids is 1. The third-order valence-corrected chi connectivity index (χ3v) is 2.71. The fourth-order valence-corrected chi connectivity index (χ4v) is 1.56. The summed E-state index contributed by atoms with van der Waals surface area (Å²) in [5.74, 6) is -0.0244. The molecule has 0 atom stereocenters. The molecule has 1 aromatic carbocycles. The average molecular weight is 214 g/mol. The summed E-state index contributed by atoms with van der Waals surface area (Å²) in [5.41, 5.74) is 3.51. The van der Waals surface area contributed by atoms with Gasteiger partial charge in [-0.25, -0.2) is 4.98 Å². The Balaban J connectivity index is 2.38. The number of carbonyl (C=O) groups is 1. The quantitative estimate of drug-likeness (QED) is 0.719. The number of hydrogen-bond acceptors (Lipinski definition) is 2. The number of rotatable bonds is 2. The molecule has 0 bridgehead atoms. The van der Waals surface area contributed by atoms with Crippen LogP contribution in [-0.2, 0) is 7.05 Å². The van der Waals surface area contributed by atoms with E-state index < -0.39 is 0 Å². The number of ketones is 1. The maximum atomic E-state index is 12.0. The molecule has 0 saturated heterocycles. The molecule has 2 aromatic rings. The summed E-state index contributed by atoms with van der Waals surface area (Å²) in [6, 6.07) is 5.72. The van der Waals surface area contributed by atoms with Crippen LogP contribution in [0.3, 0.4) is 0 Å². The van der Waals surface area contributed by atoms with Gasteiger partial charge in [0.15, 0.2) is 0 Å². The van der Waals surface area contributed by atoms with Crippen molar-refractivity contribution >= 4 is 5.78 Å². The summed E-state index contributed by atoms with van der Waals surface area (Å²) in [6.07, 6.45) is 3.37. The van der Waals surface area contributed by atoms with Crippen molar-refractivity contribution in [3.8, 4) is 0 Å². The first-order valence-electron chi connectivity index (χ1n) is 5.18. The minimum Gasteiger partial charge on any atom is -0.340 e. The van der Waals surface area contributed by atoms with Gasteiger partial charge in [0.1, 0.15) is 5.69 Å². The molecule has 3 heteroatoms. The van der Waals surface area contributed by atoms with Gasteiger partial charge in [0.05, 0.1) is 6.33 Å². The lowest BCUT2D eigenvalue weighted by Crippen LogP contribution is -2.02. The first kappa shape index (κ1) is 10.6. The molecule has 0 saturated carbocycles. The highest BCUT2D eigenvalue weighted by Gasteiger charge is 2.11. The Kier molecular flexibility index (Phi) is 2.60. The second-order valence-corrected chi connectivity index (χ2v) is 4.05. The van der Waals surface area contributed by atoms with E-state index in [0.717, 1.165) is 5.56 Å². The zero-order chi connectivity index (χ0) is 11.7. The summed E-state index contributed by atoms with van der Waals surface area (Å²) in [7, 11) is 1.85. The fourth-order valence-electron chi connectivity index (χ4n) is 1.56. The van der Waals surface area contributed by atoms with Crippen LogP contribution in [0.25, 0.3) is 0 Å². The minimum atomic E-state index is -0.0244. The monoisotopic (exact) mass is 214 g/mol. The number of hydrogen-bond donors (Lipinski definition) is 0. The van der Waals surface area contributed by atoms with Crippen LogP contribution in [0, 0.1) is 13.8 Å². The lowest BCUT2D eigenvalue weighted by Gasteiger charge is -2.02. The molecule has 0 radical (unpaired) electrons. The predicted molar refractivity (Wildman–Crippen MR) is 62.6 cm³/mol. The Morgan fingerprint density at radius 3 is 2.56 bits per heavy atom. The number of nitrogens with zero attached hydrogens (tertiary/aromatic N) is 2. The van der Waals surface area contributed by atoms with E-state index in [4.69, 9.17) is 0 Å². The topological polar surface area (TPSA) is 34.9 Å². The summed E-state index contributed by atoms with van der Waals surface area (Å²) >= 11 is 0. The minimum absolute atomic E-state index is 0.0244. The normalized spacial score (nSPS) is 10.4. The van der Waals surface area contributed by atoms with Gasteiger partial charge in [0.2, 0.25) is 5.78 Å². The molecular weight excluding hydrogens is 200 g/mol. The van der Waals surface area contributed by atoms with Gasteiger partial charge in [0.25, 0.3) is 0 Å². The van der Waals surface area contributed by atoms with Crippen LogP contribution in [-0.4, -0.2) is 15.3 Å². The van der Waals surface area contributed by atoms with Crippen molar-refractivity contribution in [2.75, 3.05) is 0 Å². The third kappa shape index (κ3) is 1.89. The van der Waals surface area contributed by atoms with Crippen LogP contribution < -0.4 is 0 Å². The largest absolute Gasteiger partial charge is 0.340 e. The van der Waals surface area contributed by atoms with Crippen molar-refractivity contribution in [1.82, 2.24) is 9.55 Å². The molecule has 1 heterocycles. The van der Waals surface area contributed by atoms with Crippen LogP contribution in [0.4, 0.5) is 0 Å². The number of imidazole rings is 1. The Morgan fingerprint density at radius 1 is 1.25 bits per heavy atom. The Morgan fingerprint density at radius 2 is 2.00 bits per heavy atom. The van der Waals surface area contributed by atoms with Gasteiger partial charge in [0, 0.05) is 18.8 Å². The van der Waals surface area contributed by atoms with Crippen molar-refractivity contribution < 1.29 is 4.79 Å². The van der Waals surface area contributed by atoms with E-state index in [1.165, 1.54) is 5.56 Å². The lowest BCUT2D eigenvalue weighted by atomic mass is 10.0. The van der Waals surface area contributed by atoms with Crippen LogP contribution in [0.5, 0.6) is 0 Å². The van der Waals surface area contributed by atoms with E-state index in [1.807, 2.05) is 39.1 Å². The second-order valence-electron chi connectivity index (χ2n) is 4.05. The summed E-state index contributed by atoms with van der Waals surface area (Å²) < 4.78 is 1.77. The average Bonchev–Trinajstić information content (AvgIpc) is 2.68. The SMILES string of the molecule is Cc1ccc(C(=O)c2cn(C)cn2)cc1C. The van der Waals surface area contributed by atoms with Crippen molar-refractivity contribution in [3.05, 3.63) is 53.1 Å². The van der Waals surface area contributed by atoms with E-state index in [2.05, 4.69) is 4.98 Å². The first-order chi connectivity index (χ1) is 7.58. The van der Waals surface area contributed by atoms with Crippen molar-refractivity contribution in [1.29, 1.82) is 0 Å². The lowest BCUT2D eigenvalue weighted by molar-refractivity contribution is 0.103. The van der Waals surface area contributed by atoms with Crippen LogP contribution >= 0.6 is 0 Å². The maximum Gasteiger partial charge on any atom is 0.212 e. The van der Waals surface area contributed by atoms with Crippen molar-refractivity contribution in [2.24, 2.45) is 7.05 Å². The van der Waals surface area contributed by atoms with Crippen LogP contribution in [0.15, 0.2) is 30.7 Å². The van der Waals surface area contributed by atoms with Crippen molar-refractivity contribution in [2.45, 2.75) is 13.8 Å². The van der Waals surface area contributed by atoms with Crippen LogP contribution in [0.2, 0.25) is 0 Å². The van der Waals surface area contributed by atoms with Gasteiger partial charge in [-0.3, -0.25) is 4.79 Å². The Bertz CT molecular complexity index is 541. The van der Waals surface area contributed by atoms with Gasteiger partial charge in [-0.2, -0.15) is 0 Å². The van der Waals surface area contributed by atoms with E-state index in [-0.39, 0.29) is 5.78 Å². The molecule has 0 aliphatic rings. The molecule has 0 unspecified atom stereocenters. The number of benzene rings is 1. The summed E-state index contributed by atoms with van der Waals surface area (Å²) in [5, 5.41) is 0. The molecule has 0 fully saturated rings. The van der Waals surface area contributed by atoms with Crippen LogP contribution in [0.1, 0.15) is 27.2 Å². The zero-order valence-electron chi connectivity index (χ0n) is 9.69. The van der Waals surface area contributed by atoms with Gasteiger partial charge in [-0.05, 0) is 31.0 Å². The van der Waals surface area contributed by atoms with Crippen molar-refractivity contribution in [3.63, 3.8) is 0 Å².